The number of carbonyl (C=O) groups excluding carboxylic acids is 3. The Balaban J connectivity index is 2.56. The Labute approximate surface area is 158 Å². The Morgan fingerprint density at radius 3 is 2.30 bits per heavy atom. The zero-order valence-electron chi connectivity index (χ0n) is 15.9. The minimum Gasteiger partial charge on any atom is -0.507 e. The molecule has 2 rings (SSSR count). The van der Waals surface area contributed by atoms with Crippen LogP contribution in [0, 0.1) is 5.92 Å². The van der Waals surface area contributed by atoms with Gasteiger partial charge in [0.25, 0.3) is 0 Å². The van der Waals surface area contributed by atoms with E-state index in [9.17, 15) is 24.6 Å². The van der Waals surface area contributed by atoms with Crippen molar-refractivity contribution in [3.8, 4) is 11.5 Å². The Bertz CT molecular complexity index is 843. The molecule has 1 aromatic rings. The molecule has 144 valence electrons. The van der Waals surface area contributed by atoms with Crippen LogP contribution in [0.3, 0.4) is 0 Å². The second-order valence-corrected chi connectivity index (χ2v) is 6.90. The third-order valence-corrected chi connectivity index (χ3v) is 4.55. The minimum atomic E-state index is -0.897. The normalized spacial score (nSPS) is 15.1. The summed E-state index contributed by atoms with van der Waals surface area (Å²) in [4.78, 5) is 36.5. The van der Waals surface area contributed by atoms with Crippen molar-refractivity contribution in [3.05, 3.63) is 46.6 Å². The number of fused-ring (bicyclic) bond motifs is 1. The number of rotatable bonds is 6. The number of esters is 1. The molecule has 0 heterocycles. The van der Waals surface area contributed by atoms with Crippen LogP contribution in [0.5, 0.6) is 11.5 Å². The molecule has 1 aliphatic carbocycles. The standard InChI is InChI=1S/C21H24O6/c1-5-12(4)21(26)27-17(9-6-11(2)3)13-10-16(24)18-14(22)7-8-15(23)19(18)20(13)25/h6-8,10,12,17,24-25H,5,9H2,1-4H3/t12-,17+/m1/s1. The fourth-order valence-electron chi connectivity index (χ4n) is 2.74. The molecular formula is C21H24O6. The lowest BCUT2D eigenvalue weighted by atomic mass is 9.89. The van der Waals surface area contributed by atoms with Crippen LogP contribution in [-0.2, 0) is 9.53 Å². The molecule has 0 saturated carbocycles. The lowest BCUT2D eigenvalue weighted by molar-refractivity contribution is -0.153. The quantitative estimate of drug-likeness (QED) is 0.444. The average Bonchev–Trinajstić information content (AvgIpc) is 2.62. The molecule has 0 spiro atoms. The summed E-state index contributed by atoms with van der Waals surface area (Å²) >= 11 is 0. The maximum absolute atomic E-state index is 12.3. The molecule has 27 heavy (non-hydrogen) atoms. The number of ether oxygens (including phenoxy) is 1. The van der Waals surface area contributed by atoms with Gasteiger partial charge in [0.05, 0.1) is 17.0 Å². The van der Waals surface area contributed by atoms with Crippen LogP contribution < -0.4 is 0 Å². The SMILES string of the molecule is CC[C@@H](C)C(=O)O[C@@H](CC=C(C)C)c1cc(O)c2c(c1O)C(=O)C=CC2=O. The van der Waals surface area contributed by atoms with E-state index in [1.165, 1.54) is 6.07 Å². The highest BCUT2D eigenvalue weighted by Gasteiger charge is 2.32. The number of allylic oxidation sites excluding steroid dienone is 3. The van der Waals surface area contributed by atoms with Crippen molar-refractivity contribution in [3.63, 3.8) is 0 Å². The monoisotopic (exact) mass is 372 g/mol. The highest BCUT2D eigenvalue weighted by atomic mass is 16.5. The van der Waals surface area contributed by atoms with Crippen LogP contribution in [0.4, 0.5) is 0 Å². The van der Waals surface area contributed by atoms with Gasteiger partial charge in [-0.25, -0.2) is 0 Å². The molecule has 0 bridgehead atoms. The Hall–Kier alpha value is -2.89. The molecule has 6 heteroatoms. The highest BCUT2D eigenvalue weighted by molar-refractivity contribution is 6.24. The number of ketones is 2. The van der Waals surface area contributed by atoms with Gasteiger partial charge in [0.2, 0.25) is 0 Å². The molecule has 0 saturated heterocycles. The molecule has 0 unspecified atom stereocenters. The van der Waals surface area contributed by atoms with Gasteiger partial charge in [0, 0.05) is 12.0 Å². The van der Waals surface area contributed by atoms with Crippen LogP contribution in [-0.4, -0.2) is 27.7 Å². The van der Waals surface area contributed by atoms with E-state index in [1.54, 1.807) is 6.92 Å². The molecule has 6 nitrogen and oxygen atoms in total. The lowest BCUT2D eigenvalue weighted by Gasteiger charge is -2.23. The minimum absolute atomic E-state index is 0.0943. The predicted molar refractivity (Wildman–Crippen MR) is 99.9 cm³/mol. The summed E-state index contributed by atoms with van der Waals surface area (Å²) in [6, 6.07) is 1.19. The summed E-state index contributed by atoms with van der Waals surface area (Å²) in [7, 11) is 0. The summed E-state index contributed by atoms with van der Waals surface area (Å²) in [6.07, 6.45) is 3.88. The first-order valence-electron chi connectivity index (χ1n) is 8.86. The number of benzene rings is 1. The van der Waals surface area contributed by atoms with Gasteiger partial charge in [0.15, 0.2) is 11.6 Å². The third-order valence-electron chi connectivity index (χ3n) is 4.55. The van der Waals surface area contributed by atoms with E-state index in [1.807, 2.05) is 26.8 Å². The van der Waals surface area contributed by atoms with Crippen LogP contribution in [0.2, 0.25) is 0 Å². The second-order valence-electron chi connectivity index (χ2n) is 6.90. The number of aromatic hydroxyl groups is 2. The molecule has 0 aromatic heterocycles. The van der Waals surface area contributed by atoms with Gasteiger partial charge in [-0.3, -0.25) is 14.4 Å². The number of hydrogen-bond donors (Lipinski definition) is 2. The van der Waals surface area contributed by atoms with Crippen LogP contribution in [0.25, 0.3) is 0 Å². The Morgan fingerprint density at radius 1 is 1.15 bits per heavy atom. The molecule has 0 aliphatic heterocycles. The van der Waals surface area contributed by atoms with Gasteiger partial charge in [-0.05, 0) is 38.5 Å². The van der Waals surface area contributed by atoms with E-state index in [-0.39, 0.29) is 29.0 Å². The molecule has 2 atom stereocenters. The number of hydrogen-bond acceptors (Lipinski definition) is 6. The van der Waals surface area contributed by atoms with E-state index < -0.39 is 35.1 Å². The largest absolute Gasteiger partial charge is 0.507 e. The van der Waals surface area contributed by atoms with Crippen LogP contribution >= 0.6 is 0 Å². The van der Waals surface area contributed by atoms with Crippen molar-refractivity contribution in [2.45, 2.75) is 46.6 Å². The van der Waals surface area contributed by atoms with Gasteiger partial charge >= 0.3 is 5.97 Å². The summed E-state index contributed by atoms with van der Waals surface area (Å²) in [5, 5.41) is 21.0. The van der Waals surface area contributed by atoms with Crippen molar-refractivity contribution >= 4 is 17.5 Å². The van der Waals surface area contributed by atoms with E-state index >= 15 is 0 Å². The van der Waals surface area contributed by atoms with Crippen molar-refractivity contribution in [2.24, 2.45) is 5.92 Å². The molecule has 1 aromatic carbocycles. The smallest absolute Gasteiger partial charge is 0.309 e. The fraction of sp³-hybridized carbons (Fsp3) is 0.381. The van der Waals surface area contributed by atoms with E-state index in [2.05, 4.69) is 0 Å². The van der Waals surface area contributed by atoms with E-state index in [4.69, 9.17) is 4.74 Å². The summed E-state index contributed by atoms with van der Waals surface area (Å²) in [5.41, 5.74) is 0.574. The second kappa shape index (κ2) is 8.20. The Kier molecular flexibility index (Phi) is 6.20. The molecule has 0 radical (unpaired) electrons. The fourth-order valence-corrected chi connectivity index (χ4v) is 2.74. The topological polar surface area (TPSA) is 101 Å². The average molecular weight is 372 g/mol. The van der Waals surface area contributed by atoms with Gasteiger partial charge in [-0.15, -0.1) is 0 Å². The van der Waals surface area contributed by atoms with Gasteiger partial charge in [-0.2, -0.15) is 0 Å². The van der Waals surface area contributed by atoms with Crippen molar-refractivity contribution in [2.75, 3.05) is 0 Å². The summed E-state index contributed by atoms with van der Waals surface area (Å²) in [5.74, 6) is -2.81. The van der Waals surface area contributed by atoms with Crippen molar-refractivity contribution in [1.29, 1.82) is 0 Å². The zero-order valence-corrected chi connectivity index (χ0v) is 15.9. The van der Waals surface area contributed by atoms with Gasteiger partial charge in [0.1, 0.15) is 17.6 Å². The molecule has 0 amide bonds. The molecule has 0 fully saturated rings. The van der Waals surface area contributed by atoms with Crippen molar-refractivity contribution < 1.29 is 29.3 Å². The summed E-state index contributed by atoms with van der Waals surface area (Å²) in [6.45, 7) is 7.35. The molecule has 1 aliphatic rings. The highest BCUT2D eigenvalue weighted by Crippen LogP contribution is 2.41. The first kappa shape index (κ1) is 20.4. The number of phenols is 2. The lowest BCUT2D eigenvalue weighted by Crippen LogP contribution is -2.19. The first-order valence-corrected chi connectivity index (χ1v) is 8.86. The first-order chi connectivity index (χ1) is 12.7. The molecular weight excluding hydrogens is 348 g/mol. The van der Waals surface area contributed by atoms with E-state index in [0.717, 1.165) is 17.7 Å². The predicted octanol–water partition coefficient (Wildman–Crippen LogP) is 4.02. The van der Waals surface area contributed by atoms with Gasteiger partial charge in [-0.1, -0.05) is 25.5 Å². The molecule has 2 N–H and O–H groups in total. The van der Waals surface area contributed by atoms with Crippen molar-refractivity contribution in [1.82, 2.24) is 0 Å². The maximum atomic E-state index is 12.3. The van der Waals surface area contributed by atoms with E-state index in [0.29, 0.717) is 6.42 Å². The summed E-state index contributed by atoms with van der Waals surface area (Å²) < 4.78 is 5.56. The maximum Gasteiger partial charge on any atom is 0.309 e. The number of carbonyl (C=O) groups is 3. The number of phenolic OH excluding ortho intramolecular Hbond substituents is 2. The Morgan fingerprint density at radius 2 is 1.74 bits per heavy atom. The van der Waals surface area contributed by atoms with Gasteiger partial charge < -0.3 is 14.9 Å². The van der Waals surface area contributed by atoms with Crippen LogP contribution in [0.15, 0.2) is 29.9 Å². The van der Waals surface area contributed by atoms with Crippen LogP contribution in [0.1, 0.15) is 72.9 Å². The third kappa shape index (κ3) is 4.27. The zero-order chi connectivity index (χ0) is 20.3.